The second-order valence-corrected chi connectivity index (χ2v) is 4.70. The third kappa shape index (κ3) is 5.98. The van der Waals surface area contributed by atoms with Crippen LogP contribution in [-0.2, 0) is 0 Å². The van der Waals surface area contributed by atoms with Crippen LogP contribution in [0, 0.1) is 11.3 Å². The number of rotatable bonds is 5. The van der Waals surface area contributed by atoms with Gasteiger partial charge in [0.15, 0.2) is 0 Å². The molecule has 1 N–H and O–H groups in total. The highest BCUT2D eigenvalue weighted by molar-refractivity contribution is 4.98. The molecule has 1 unspecified atom stereocenters. The number of aliphatic hydroxyl groups is 1. The van der Waals surface area contributed by atoms with Crippen LogP contribution in [0.15, 0.2) is 24.3 Å². The standard InChI is InChI=1S/C13H24O/c1-5-6-7-9-12(10-8-11-14)13(2,3)4/h6-8,10,12,14H,5,9,11H2,1-4H3. The third-order valence-electron chi connectivity index (χ3n) is 2.38. The Bertz CT molecular complexity index is 184. The predicted octanol–water partition coefficient (Wildman–Crippen LogP) is 3.55. The Labute approximate surface area is 88.5 Å². The molecule has 0 radical (unpaired) electrons. The van der Waals surface area contributed by atoms with E-state index in [1.165, 1.54) is 0 Å². The first kappa shape index (κ1) is 13.4. The highest BCUT2D eigenvalue weighted by Crippen LogP contribution is 2.30. The Balaban J connectivity index is 4.26. The molecule has 14 heavy (non-hydrogen) atoms. The molecule has 0 saturated heterocycles. The second-order valence-electron chi connectivity index (χ2n) is 4.70. The zero-order chi connectivity index (χ0) is 11.0. The van der Waals surface area contributed by atoms with Gasteiger partial charge in [0.2, 0.25) is 0 Å². The molecule has 1 nitrogen and oxygen atoms in total. The van der Waals surface area contributed by atoms with E-state index in [0.717, 1.165) is 12.8 Å². The summed E-state index contributed by atoms with van der Waals surface area (Å²) < 4.78 is 0. The third-order valence-corrected chi connectivity index (χ3v) is 2.38. The number of hydrogen-bond donors (Lipinski definition) is 1. The monoisotopic (exact) mass is 196 g/mol. The van der Waals surface area contributed by atoms with Crippen molar-refractivity contribution in [3.05, 3.63) is 24.3 Å². The van der Waals surface area contributed by atoms with Crippen LogP contribution in [0.2, 0.25) is 0 Å². The fourth-order valence-corrected chi connectivity index (χ4v) is 1.36. The summed E-state index contributed by atoms with van der Waals surface area (Å²) >= 11 is 0. The van der Waals surface area contributed by atoms with Crippen LogP contribution in [0.5, 0.6) is 0 Å². The van der Waals surface area contributed by atoms with Gasteiger partial charge in [0.1, 0.15) is 0 Å². The summed E-state index contributed by atoms with van der Waals surface area (Å²) in [6.45, 7) is 8.99. The summed E-state index contributed by atoms with van der Waals surface area (Å²) in [5.41, 5.74) is 0.268. The van der Waals surface area contributed by atoms with Gasteiger partial charge in [-0.25, -0.2) is 0 Å². The van der Waals surface area contributed by atoms with Crippen molar-refractivity contribution in [2.24, 2.45) is 11.3 Å². The lowest BCUT2D eigenvalue weighted by atomic mass is 9.78. The molecule has 0 saturated carbocycles. The maximum absolute atomic E-state index is 8.75. The predicted molar refractivity (Wildman–Crippen MR) is 63.2 cm³/mol. The van der Waals surface area contributed by atoms with E-state index < -0.39 is 0 Å². The Morgan fingerprint density at radius 1 is 1.14 bits per heavy atom. The van der Waals surface area contributed by atoms with Crippen molar-refractivity contribution in [1.29, 1.82) is 0 Å². The Morgan fingerprint density at radius 2 is 1.79 bits per heavy atom. The Morgan fingerprint density at radius 3 is 2.21 bits per heavy atom. The molecule has 0 bridgehead atoms. The molecule has 0 aromatic heterocycles. The molecule has 0 fully saturated rings. The molecule has 0 aliphatic rings. The van der Waals surface area contributed by atoms with Crippen molar-refractivity contribution >= 4 is 0 Å². The fraction of sp³-hybridized carbons (Fsp3) is 0.692. The quantitative estimate of drug-likeness (QED) is 0.667. The van der Waals surface area contributed by atoms with Gasteiger partial charge in [-0.05, 0) is 24.2 Å². The molecule has 0 aromatic rings. The topological polar surface area (TPSA) is 20.2 Å². The molecular weight excluding hydrogens is 172 g/mol. The van der Waals surface area contributed by atoms with Gasteiger partial charge in [-0.15, -0.1) is 0 Å². The van der Waals surface area contributed by atoms with Crippen molar-refractivity contribution < 1.29 is 5.11 Å². The minimum atomic E-state index is 0.143. The first-order valence-corrected chi connectivity index (χ1v) is 5.45. The Hall–Kier alpha value is -0.560. The average Bonchev–Trinajstić information content (AvgIpc) is 2.09. The molecule has 0 aliphatic heterocycles. The van der Waals surface area contributed by atoms with Crippen molar-refractivity contribution in [2.75, 3.05) is 6.61 Å². The van der Waals surface area contributed by atoms with E-state index in [1.54, 1.807) is 0 Å². The van der Waals surface area contributed by atoms with E-state index in [2.05, 4.69) is 45.9 Å². The van der Waals surface area contributed by atoms with E-state index in [4.69, 9.17) is 5.11 Å². The lowest BCUT2D eigenvalue weighted by molar-refractivity contribution is 0.291. The van der Waals surface area contributed by atoms with Gasteiger partial charge < -0.3 is 5.11 Å². The summed E-state index contributed by atoms with van der Waals surface area (Å²) in [7, 11) is 0. The van der Waals surface area contributed by atoms with Crippen LogP contribution in [-0.4, -0.2) is 11.7 Å². The largest absolute Gasteiger partial charge is 0.392 e. The SMILES string of the molecule is CCC=CCC(C=CCO)C(C)(C)C. The summed E-state index contributed by atoms with van der Waals surface area (Å²) in [6.07, 6.45) is 10.6. The molecule has 1 heteroatoms. The highest BCUT2D eigenvalue weighted by Gasteiger charge is 2.20. The summed E-state index contributed by atoms with van der Waals surface area (Å²) in [5, 5.41) is 8.75. The smallest absolute Gasteiger partial charge is 0.0612 e. The zero-order valence-corrected chi connectivity index (χ0v) is 9.96. The van der Waals surface area contributed by atoms with E-state index in [1.807, 2.05) is 6.08 Å². The van der Waals surface area contributed by atoms with Gasteiger partial charge in [-0.1, -0.05) is 52.0 Å². The van der Waals surface area contributed by atoms with Crippen molar-refractivity contribution in [3.8, 4) is 0 Å². The van der Waals surface area contributed by atoms with Crippen LogP contribution in [0.4, 0.5) is 0 Å². The lowest BCUT2D eigenvalue weighted by Gasteiger charge is -2.27. The van der Waals surface area contributed by atoms with E-state index >= 15 is 0 Å². The number of hydrogen-bond acceptors (Lipinski definition) is 1. The van der Waals surface area contributed by atoms with Gasteiger partial charge in [-0.3, -0.25) is 0 Å². The molecule has 0 spiro atoms. The molecule has 0 amide bonds. The minimum absolute atomic E-state index is 0.143. The lowest BCUT2D eigenvalue weighted by Crippen LogP contribution is -2.17. The minimum Gasteiger partial charge on any atom is -0.392 e. The van der Waals surface area contributed by atoms with Crippen molar-refractivity contribution in [3.63, 3.8) is 0 Å². The van der Waals surface area contributed by atoms with Crippen LogP contribution in [0.25, 0.3) is 0 Å². The van der Waals surface area contributed by atoms with Crippen molar-refractivity contribution in [2.45, 2.75) is 40.5 Å². The zero-order valence-electron chi connectivity index (χ0n) is 9.96. The maximum atomic E-state index is 8.75. The van der Waals surface area contributed by atoms with E-state index in [9.17, 15) is 0 Å². The summed E-state index contributed by atoms with van der Waals surface area (Å²) in [5.74, 6) is 0.512. The van der Waals surface area contributed by atoms with Gasteiger partial charge >= 0.3 is 0 Å². The van der Waals surface area contributed by atoms with Crippen molar-refractivity contribution in [1.82, 2.24) is 0 Å². The molecule has 82 valence electrons. The van der Waals surface area contributed by atoms with E-state index in [-0.39, 0.29) is 12.0 Å². The highest BCUT2D eigenvalue weighted by atomic mass is 16.2. The normalized spacial score (nSPS) is 15.5. The summed E-state index contributed by atoms with van der Waals surface area (Å²) in [6, 6.07) is 0. The first-order chi connectivity index (χ1) is 6.52. The molecule has 0 heterocycles. The van der Waals surface area contributed by atoms with Crippen LogP contribution in [0.1, 0.15) is 40.5 Å². The van der Waals surface area contributed by atoms with E-state index in [0.29, 0.717) is 5.92 Å². The molecule has 0 aliphatic carbocycles. The average molecular weight is 196 g/mol. The number of aliphatic hydroxyl groups excluding tert-OH is 1. The molecule has 0 rings (SSSR count). The maximum Gasteiger partial charge on any atom is 0.0612 e. The second kappa shape index (κ2) is 6.83. The van der Waals surface area contributed by atoms with Crippen LogP contribution < -0.4 is 0 Å². The molecular formula is C13H24O. The number of allylic oxidation sites excluding steroid dienone is 3. The van der Waals surface area contributed by atoms with Gasteiger partial charge in [-0.2, -0.15) is 0 Å². The fourth-order valence-electron chi connectivity index (χ4n) is 1.36. The molecule has 1 atom stereocenters. The Kier molecular flexibility index (Phi) is 6.56. The summed E-state index contributed by atoms with van der Waals surface area (Å²) in [4.78, 5) is 0. The van der Waals surface area contributed by atoms with Crippen LogP contribution >= 0.6 is 0 Å². The van der Waals surface area contributed by atoms with Gasteiger partial charge in [0.25, 0.3) is 0 Å². The molecule has 0 aromatic carbocycles. The van der Waals surface area contributed by atoms with Gasteiger partial charge in [0, 0.05) is 0 Å². The first-order valence-electron chi connectivity index (χ1n) is 5.45. The van der Waals surface area contributed by atoms with Crippen LogP contribution in [0.3, 0.4) is 0 Å². The van der Waals surface area contributed by atoms with Gasteiger partial charge in [0.05, 0.1) is 6.61 Å².